The predicted molar refractivity (Wildman–Crippen MR) is 81.6 cm³/mol. The lowest BCUT2D eigenvalue weighted by Crippen LogP contribution is -2.39. The first-order valence-electron chi connectivity index (χ1n) is 8.75. The zero-order valence-corrected chi connectivity index (χ0v) is 13.5. The Balaban J connectivity index is 1.54. The van der Waals surface area contributed by atoms with Crippen molar-refractivity contribution >= 4 is 0 Å². The molecule has 2 heteroatoms. The van der Waals surface area contributed by atoms with E-state index in [-0.39, 0.29) is 6.10 Å². The number of rotatable bonds is 4. The zero-order chi connectivity index (χ0) is 14.4. The first kappa shape index (κ1) is 14.8. The number of aliphatic hydroxyl groups excluding tert-OH is 1. The number of fused-ring (bicyclic) bond motifs is 2. The molecule has 3 aliphatic carbocycles. The van der Waals surface area contributed by atoms with Gasteiger partial charge in [0, 0.05) is 0 Å². The van der Waals surface area contributed by atoms with Gasteiger partial charge < -0.3 is 9.84 Å². The molecule has 0 aromatic carbocycles. The molecular formula is C18H32O2. The minimum atomic E-state index is -0.235. The van der Waals surface area contributed by atoms with Crippen LogP contribution < -0.4 is 0 Å². The van der Waals surface area contributed by atoms with Crippen LogP contribution >= 0.6 is 0 Å². The number of ether oxygens (including phenoxy) is 1. The summed E-state index contributed by atoms with van der Waals surface area (Å²) >= 11 is 0. The van der Waals surface area contributed by atoms with Crippen molar-refractivity contribution in [2.24, 2.45) is 22.7 Å². The fourth-order valence-electron chi connectivity index (χ4n) is 5.25. The first-order valence-corrected chi connectivity index (χ1v) is 8.75. The summed E-state index contributed by atoms with van der Waals surface area (Å²) in [5, 5.41) is 10.4. The fourth-order valence-corrected chi connectivity index (χ4v) is 5.25. The van der Waals surface area contributed by atoms with Gasteiger partial charge in [-0.3, -0.25) is 0 Å². The third-order valence-electron chi connectivity index (χ3n) is 7.38. The summed E-state index contributed by atoms with van der Waals surface area (Å²) in [4.78, 5) is 0. The molecule has 0 aromatic heterocycles. The van der Waals surface area contributed by atoms with Crippen molar-refractivity contribution in [1.82, 2.24) is 0 Å². The van der Waals surface area contributed by atoms with E-state index in [0.717, 1.165) is 5.92 Å². The van der Waals surface area contributed by atoms with Crippen LogP contribution in [-0.2, 0) is 4.74 Å². The Morgan fingerprint density at radius 3 is 2.35 bits per heavy atom. The second-order valence-electron chi connectivity index (χ2n) is 8.40. The summed E-state index contributed by atoms with van der Waals surface area (Å²) in [6.45, 7) is 7.82. The van der Waals surface area contributed by atoms with Crippen LogP contribution in [0, 0.1) is 22.7 Å². The fraction of sp³-hybridized carbons (Fsp3) is 1.00. The van der Waals surface area contributed by atoms with E-state index in [1.54, 1.807) is 0 Å². The lowest BCUT2D eigenvalue weighted by Gasteiger charge is -2.39. The van der Waals surface area contributed by atoms with E-state index in [4.69, 9.17) is 4.74 Å². The van der Waals surface area contributed by atoms with Crippen LogP contribution in [0.3, 0.4) is 0 Å². The smallest absolute Gasteiger partial charge is 0.0801 e. The maximum absolute atomic E-state index is 10.4. The Morgan fingerprint density at radius 2 is 1.80 bits per heavy atom. The molecule has 2 nitrogen and oxygen atoms in total. The summed E-state index contributed by atoms with van der Waals surface area (Å²) in [6, 6.07) is 0. The molecule has 116 valence electrons. The highest BCUT2D eigenvalue weighted by atomic mass is 16.5. The zero-order valence-electron chi connectivity index (χ0n) is 13.5. The monoisotopic (exact) mass is 280 g/mol. The lowest BCUT2D eigenvalue weighted by atomic mass is 9.70. The van der Waals surface area contributed by atoms with Gasteiger partial charge in [0.25, 0.3) is 0 Å². The Kier molecular flexibility index (Phi) is 3.92. The van der Waals surface area contributed by atoms with Gasteiger partial charge in [-0.15, -0.1) is 0 Å². The summed E-state index contributed by atoms with van der Waals surface area (Å²) in [5.74, 6) is 1.31. The Bertz CT molecular complexity index is 345. The summed E-state index contributed by atoms with van der Waals surface area (Å²) < 4.78 is 6.24. The quantitative estimate of drug-likeness (QED) is 0.838. The molecule has 3 rings (SSSR count). The third kappa shape index (κ3) is 2.23. The van der Waals surface area contributed by atoms with Crippen LogP contribution in [0.4, 0.5) is 0 Å². The van der Waals surface area contributed by atoms with Gasteiger partial charge in [0.15, 0.2) is 0 Å². The van der Waals surface area contributed by atoms with E-state index in [1.807, 2.05) is 0 Å². The number of hydrogen-bond acceptors (Lipinski definition) is 2. The van der Waals surface area contributed by atoms with Crippen LogP contribution in [0.5, 0.6) is 0 Å². The van der Waals surface area contributed by atoms with Crippen LogP contribution in [0.25, 0.3) is 0 Å². The van der Waals surface area contributed by atoms with Crippen molar-refractivity contribution in [1.29, 1.82) is 0 Å². The van der Waals surface area contributed by atoms with Crippen molar-refractivity contribution in [2.75, 3.05) is 6.61 Å². The maximum atomic E-state index is 10.4. The van der Waals surface area contributed by atoms with E-state index < -0.39 is 0 Å². The van der Waals surface area contributed by atoms with Gasteiger partial charge in [-0.1, -0.05) is 40.0 Å². The molecule has 0 saturated heterocycles. The molecule has 0 amide bonds. The van der Waals surface area contributed by atoms with Crippen molar-refractivity contribution in [3.8, 4) is 0 Å². The molecule has 0 heterocycles. The van der Waals surface area contributed by atoms with Gasteiger partial charge >= 0.3 is 0 Å². The van der Waals surface area contributed by atoms with Crippen molar-refractivity contribution in [2.45, 2.75) is 84.3 Å². The van der Waals surface area contributed by atoms with Crippen molar-refractivity contribution < 1.29 is 9.84 Å². The second kappa shape index (κ2) is 5.28. The predicted octanol–water partition coefficient (Wildman–Crippen LogP) is 4.16. The molecule has 3 aliphatic rings. The highest BCUT2D eigenvalue weighted by Crippen LogP contribution is 2.66. The minimum Gasteiger partial charge on any atom is -0.390 e. The summed E-state index contributed by atoms with van der Waals surface area (Å²) in [5.41, 5.74) is 0.734. The molecule has 0 aromatic rings. The van der Waals surface area contributed by atoms with Crippen LogP contribution in [-0.4, -0.2) is 23.9 Å². The normalized spacial score (nSPS) is 42.0. The Labute approximate surface area is 124 Å². The van der Waals surface area contributed by atoms with E-state index in [0.29, 0.717) is 29.5 Å². The van der Waals surface area contributed by atoms with Gasteiger partial charge in [0.05, 0.1) is 18.8 Å². The van der Waals surface area contributed by atoms with E-state index in [9.17, 15) is 5.11 Å². The highest BCUT2D eigenvalue weighted by Gasteiger charge is 2.61. The summed E-state index contributed by atoms with van der Waals surface area (Å²) in [6.07, 6.45) is 10.3. The number of hydrogen-bond donors (Lipinski definition) is 1. The minimum absolute atomic E-state index is 0.235. The van der Waals surface area contributed by atoms with E-state index in [1.165, 1.54) is 51.4 Å². The molecule has 0 radical (unpaired) electrons. The molecule has 4 atom stereocenters. The summed E-state index contributed by atoms with van der Waals surface area (Å²) in [7, 11) is 0. The van der Waals surface area contributed by atoms with Crippen LogP contribution in [0.15, 0.2) is 0 Å². The SMILES string of the molecule is CC1(C)C2CCC1(C)C(OCC(O)C1CCCCC1)C2. The van der Waals surface area contributed by atoms with Gasteiger partial charge in [0.2, 0.25) is 0 Å². The van der Waals surface area contributed by atoms with Gasteiger partial charge in [0.1, 0.15) is 0 Å². The molecule has 20 heavy (non-hydrogen) atoms. The largest absolute Gasteiger partial charge is 0.390 e. The maximum Gasteiger partial charge on any atom is 0.0801 e. The topological polar surface area (TPSA) is 29.5 Å². The van der Waals surface area contributed by atoms with E-state index in [2.05, 4.69) is 20.8 Å². The average Bonchev–Trinajstić information content (AvgIpc) is 2.78. The average molecular weight is 280 g/mol. The molecule has 4 unspecified atom stereocenters. The molecule has 1 N–H and O–H groups in total. The van der Waals surface area contributed by atoms with Gasteiger partial charge in [-0.2, -0.15) is 0 Å². The van der Waals surface area contributed by atoms with Crippen LogP contribution in [0.2, 0.25) is 0 Å². The molecule has 0 spiro atoms. The van der Waals surface area contributed by atoms with Crippen molar-refractivity contribution in [3.63, 3.8) is 0 Å². The van der Waals surface area contributed by atoms with Crippen molar-refractivity contribution in [3.05, 3.63) is 0 Å². The highest BCUT2D eigenvalue weighted by molar-refractivity contribution is 5.11. The van der Waals surface area contributed by atoms with Gasteiger partial charge in [-0.05, 0) is 54.8 Å². The third-order valence-corrected chi connectivity index (χ3v) is 7.38. The second-order valence-corrected chi connectivity index (χ2v) is 8.40. The molecule has 3 fully saturated rings. The molecule has 2 bridgehead atoms. The van der Waals surface area contributed by atoms with E-state index >= 15 is 0 Å². The van der Waals surface area contributed by atoms with Crippen LogP contribution in [0.1, 0.15) is 72.1 Å². The molecular weight excluding hydrogens is 248 g/mol. The van der Waals surface area contributed by atoms with Gasteiger partial charge in [-0.25, -0.2) is 0 Å². The lowest BCUT2D eigenvalue weighted by molar-refractivity contribution is -0.0882. The molecule has 0 aliphatic heterocycles. The Hall–Kier alpha value is -0.0800. The first-order chi connectivity index (χ1) is 9.45. The standard InChI is InChI=1S/C18H32O2/c1-17(2)14-9-10-18(17,3)16(11-14)20-12-15(19)13-7-5-4-6-8-13/h13-16,19H,4-12H2,1-3H3. The number of aliphatic hydroxyl groups is 1. The molecule has 3 saturated carbocycles. The Morgan fingerprint density at radius 1 is 1.10 bits per heavy atom.